The Kier molecular flexibility index (Phi) is 5.98. The van der Waals surface area contributed by atoms with Crippen LogP contribution in [0.3, 0.4) is 0 Å². The third-order valence-electron chi connectivity index (χ3n) is 2.30. The number of nitrogens with zero attached hydrogens (tertiary/aromatic N) is 1. The zero-order valence-electron chi connectivity index (χ0n) is 11.6. The number of rotatable bonds is 3. The van der Waals surface area contributed by atoms with Crippen molar-refractivity contribution in [2.75, 3.05) is 7.11 Å². The Balaban J connectivity index is 0.000000492. The summed E-state index contributed by atoms with van der Waals surface area (Å²) in [6, 6.07) is 9.69. The SMILES string of the molecule is CCC.CCc1cc(-c2ccc(OC)cc2)on1. The highest BCUT2D eigenvalue weighted by atomic mass is 16.5. The average molecular weight is 247 g/mol. The summed E-state index contributed by atoms with van der Waals surface area (Å²) in [5.41, 5.74) is 1.99. The summed E-state index contributed by atoms with van der Waals surface area (Å²) in [4.78, 5) is 0. The lowest BCUT2D eigenvalue weighted by molar-refractivity contribution is 0.414. The molecule has 1 heterocycles. The monoisotopic (exact) mass is 247 g/mol. The van der Waals surface area contributed by atoms with Crippen LogP contribution < -0.4 is 4.74 Å². The Morgan fingerprint density at radius 3 is 2.17 bits per heavy atom. The summed E-state index contributed by atoms with van der Waals surface area (Å²) in [5, 5.41) is 3.95. The van der Waals surface area contributed by atoms with Crippen LogP contribution in [0.4, 0.5) is 0 Å². The van der Waals surface area contributed by atoms with Crippen molar-refractivity contribution in [1.29, 1.82) is 0 Å². The van der Waals surface area contributed by atoms with E-state index in [4.69, 9.17) is 9.26 Å². The fraction of sp³-hybridized carbons (Fsp3) is 0.400. The number of hydrogen-bond donors (Lipinski definition) is 0. The van der Waals surface area contributed by atoms with Crippen LogP contribution in [-0.4, -0.2) is 12.3 Å². The normalized spacial score (nSPS) is 9.56. The van der Waals surface area contributed by atoms with E-state index >= 15 is 0 Å². The molecule has 0 saturated heterocycles. The van der Waals surface area contributed by atoms with Gasteiger partial charge in [0.1, 0.15) is 5.75 Å². The summed E-state index contributed by atoms with van der Waals surface area (Å²) in [7, 11) is 1.65. The molecule has 2 aromatic rings. The van der Waals surface area contributed by atoms with Gasteiger partial charge in [0.25, 0.3) is 0 Å². The second-order valence-corrected chi connectivity index (χ2v) is 3.97. The molecule has 98 valence electrons. The molecule has 0 radical (unpaired) electrons. The van der Waals surface area contributed by atoms with Gasteiger partial charge in [0.05, 0.1) is 12.8 Å². The first-order valence-electron chi connectivity index (χ1n) is 6.35. The van der Waals surface area contributed by atoms with Crippen LogP contribution in [0.15, 0.2) is 34.9 Å². The standard InChI is InChI=1S/C12H13NO2.C3H8/c1-3-10-8-12(15-13-10)9-4-6-11(14-2)7-5-9;1-3-2/h4-8H,3H2,1-2H3;3H2,1-2H3. The van der Waals surface area contributed by atoms with Gasteiger partial charge < -0.3 is 9.26 Å². The molecule has 0 aliphatic rings. The van der Waals surface area contributed by atoms with Crippen LogP contribution in [0.5, 0.6) is 5.75 Å². The first-order valence-corrected chi connectivity index (χ1v) is 6.35. The fourth-order valence-electron chi connectivity index (χ4n) is 1.37. The predicted octanol–water partition coefficient (Wildman–Crippen LogP) is 4.33. The van der Waals surface area contributed by atoms with Crippen molar-refractivity contribution in [3.63, 3.8) is 0 Å². The van der Waals surface area contributed by atoms with E-state index < -0.39 is 0 Å². The molecule has 3 nitrogen and oxygen atoms in total. The molecule has 0 fully saturated rings. The van der Waals surface area contributed by atoms with Gasteiger partial charge in [-0.3, -0.25) is 0 Å². The highest BCUT2D eigenvalue weighted by molar-refractivity contribution is 5.58. The molecular weight excluding hydrogens is 226 g/mol. The quantitative estimate of drug-likeness (QED) is 0.809. The maximum absolute atomic E-state index is 5.22. The molecule has 2 rings (SSSR count). The molecule has 0 bridgehead atoms. The minimum Gasteiger partial charge on any atom is -0.497 e. The van der Waals surface area contributed by atoms with Crippen molar-refractivity contribution >= 4 is 0 Å². The van der Waals surface area contributed by atoms with E-state index in [0.29, 0.717) is 0 Å². The van der Waals surface area contributed by atoms with Gasteiger partial charge >= 0.3 is 0 Å². The average Bonchev–Trinajstić information content (AvgIpc) is 2.88. The Hall–Kier alpha value is -1.77. The van der Waals surface area contributed by atoms with Crippen molar-refractivity contribution in [1.82, 2.24) is 5.16 Å². The number of methoxy groups -OCH3 is 1. The maximum atomic E-state index is 5.22. The molecule has 0 spiro atoms. The third-order valence-corrected chi connectivity index (χ3v) is 2.30. The van der Waals surface area contributed by atoms with Gasteiger partial charge in [0.2, 0.25) is 0 Å². The van der Waals surface area contributed by atoms with Gasteiger partial charge in [-0.15, -0.1) is 0 Å². The minimum atomic E-state index is 0.800. The van der Waals surface area contributed by atoms with Crippen molar-refractivity contribution < 1.29 is 9.26 Å². The lowest BCUT2D eigenvalue weighted by atomic mass is 10.1. The second-order valence-electron chi connectivity index (χ2n) is 3.97. The summed E-state index contributed by atoms with van der Waals surface area (Å²) < 4.78 is 10.3. The van der Waals surface area contributed by atoms with Crippen LogP contribution in [-0.2, 0) is 6.42 Å². The summed E-state index contributed by atoms with van der Waals surface area (Å²) in [5.74, 6) is 1.64. The molecule has 18 heavy (non-hydrogen) atoms. The van der Waals surface area contributed by atoms with Gasteiger partial charge in [-0.25, -0.2) is 0 Å². The lowest BCUT2D eigenvalue weighted by Gasteiger charge is -1.99. The minimum absolute atomic E-state index is 0.800. The summed E-state index contributed by atoms with van der Waals surface area (Å²) >= 11 is 0. The molecule has 1 aromatic heterocycles. The van der Waals surface area contributed by atoms with Gasteiger partial charge in [-0.2, -0.15) is 0 Å². The number of aryl methyl sites for hydroxylation is 1. The van der Waals surface area contributed by atoms with E-state index in [1.807, 2.05) is 30.3 Å². The molecule has 0 amide bonds. The van der Waals surface area contributed by atoms with E-state index in [1.54, 1.807) is 7.11 Å². The van der Waals surface area contributed by atoms with Gasteiger partial charge in [-0.05, 0) is 30.7 Å². The zero-order valence-corrected chi connectivity index (χ0v) is 11.6. The fourth-order valence-corrected chi connectivity index (χ4v) is 1.37. The number of aromatic nitrogens is 1. The van der Waals surface area contributed by atoms with Crippen LogP contribution in [0.25, 0.3) is 11.3 Å². The largest absolute Gasteiger partial charge is 0.497 e. The maximum Gasteiger partial charge on any atom is 0.167 e. The smallest absolute Gasteiger partial charge is 0.167 e. The van der Waals surface area contributed by atoms with Crippen molar-refractivity contribution in [2.24, 2.45) is 0 Å². The van der Waals surface area contributed by atoms with Gasteiger partial charge in [-0.1, -0.05) is 32.3 Å². The highest BCUT2D eigenvalue weighted by Gasteiger charge is 2.05. The Labute approximate surface area is 109 Å². The first-order chi connectivity index (χ1) is 8.74. The molecule has 0 aliphatic carbocycles. The molecule has 1 aromatic carbocycles. The van der Waals surface area contributed by atoms with Crippen molar-refractivity contribution in [3.05, 3.63) is 36.0 Å². The van der Waals surface area contributed by atoms with Crippen molar-refractivity contribution in [2.45, 2.75) is 33.6 Å². The van der Waals surface area contributed by atoms with Crippen LogP contribution in [0.1, 0.15) is 32.9 Å². The number of benzene rings is 1. The van der Waals surface area contributed by atoms with E-state index in [9.17, 15) is 0 Å². The molecule has 3 heteroatoms. The highest BCUT2D eigenvalue weighted by Crippen LogP contribution is 2.22. The Morgan fingerprint density at radius 1 is 1.11 bits per heavy atom. The third kappa shape index (κ3) is 3.91. The first kappa shape index (κ1) is 14.3. The summed E-state index contributed by atoms with van der Waals surface area (Å²) in [6.45, 7) is 6.30. The second kappa shape index (κ2) is 7.54. The molecule has 0 N–H and O–H groups in total. The molecule has 0 saturated carbocycles. The van der Waals surface area contributed by atoms with Crippen LogP contribution in [0.2, 0.25) is 0 Å². The van der Waals surface area contributed by atoms with E-state index in [-0.39, 0.29) is 0 Å². The van der Waals surface area contributed by atoms with E-state index in [2.05, 4.69) is 25.9 Å². The topological polar surface area (TPSA) is 35.3 Å². The number of ether oxygens (including phenoxy) is 1. The van der Waals surface area contributed by atoms with Gasteiger partial charge in [0.15, 0.2) is 5.76 Å². The van der Waals surface area contributed by atoms with Crippen molar-refractivity contribution in [3.8, 4) is 17.1 Å². The molecular formula is C15H21NO2. The van der Waals surface area contributed by atoms with Crippen LogP contribution in [0, 0.1) is 0 Å². The lowest BCUT2D eigenvalue weighted by Crippen LogP contribution is -1.81. The van der Waals surface area contributed by atoms with Crippen LogP contribution >= 0.6 is 0 Å². The Bertz CT molecular complexity index is 446. The Morgan fingerprint density at radius 2 is 1.72 bits per heavy atom. The van der Waals surface area contributed by atoms with E-state index in [1.165, 1.54) is 6.42 Å². The molecule has 0 atom stereocenters. The number of hydrogen-bond acceptors (Lipinski definition) is 3. The van der Waals surface area contributed by atoms with Gasteiger partial charge in [0, 0.05) is 11.6 Å². The molecule has 0 unspecified atom stereocenters. The summed E-state index contributed by atoms with van der Waals surface area (Å²) in [6.07, 6.45) is 2.14. The zero-order chi connectivity index (χ0) is 13.4. The predicted molar refractivity (Wildman–Crippen MR) is 73.8 cm³/mol. The molecule has 0 aliphatic heterocycles. The van der Waals surface area contributed by atoms with E-state index in [0.717, 1.165) is 29.2 Å².